The molecule has 2 aliphatic heterocycles. The first kappa shape index (κ1) is 39.6. The molecule has 0 bridgehead atoms. The van der Waals surface area contributed by atoms with Gasteiger partial charge in [-0.15, -0.1) is 25.3 Å². The Bertz CT molecular complexity index is 1300. The van der Waals surface area contributed by atoms with Crippen molar-refractivity contribution in [2.24, 2.45) is 0 Å². The van der Waals surface area contributed by atoms with Crippen LogP contribution >= 0.6 is 74.1 Å². The summed E-state index contributed by atoms with van der Waals surface area (Å²) in [5.74, 6) is -0.960. The Balaban J connectivity index is 0.000000288. The molecule has 0 spiro atoms. The van der Waals surface area contributed by atoms with E-state index in [4.69, 9.17) is 80.9 Å². The van der Waals surface area contributed by atoms with E-state index >= 15 is 0 Å². The van der Waals surface area contributed by atoms with E-state index < -0.39 is 30.3 Å². The maximum absolute atomic E-state index is 12.6. The molecule has 2 amide bonds. The molecular formula is C22H24MoN10O4S8. The quantitative estimate of drug-likeness (QED) is 0.153. The van der Waals surface area contributed by atoms with Crippen LogP contribution in [-0.2, 0) is 50.5 Å². The van der Waals surface area contributed by atoms with Crippen molar-refractivity contribution >= 4 is 128 Å². The average Bonchev–Trinajstić information content (AvgIpc) is 3.74. The van der Waals surface area contributed by atoms with E-state index in [0.717, 1.165) is 61.9 Å². The van der Waals surface area contributed by atoms with Gasteiger partial charge in [0.05, 0.1) is 12.4 Å². The van der Waals surface area contributed by atoms with Crippen molar-refractivity contribution < 1.29 is 34.9 Å². The van der Waals surface area contributed by atoms with Gasteiger partial charge in [-0.25, -0.2) is 20.0 Å². The molecule has 14 nitrogen and oxygen atoms in total. The van der Waals surface area contributed by atoms with Gasteiger partial charge in [-0.1, -0.05) is 0 Å². The minimum atomic E-state index is -2.03. The van der Waals surface area contributed by atoms with Crippen LogP contribution in [0, 0.1) is 0 Å². The molecule has 2 aromatic heterocycles. The van der Waals surface area contributed by atoms with Crippen LogP contribution in [0.5, 0.6) is 0 Å². The van der Waals surface area contributed by atoms with E-state index in [1.165, 1.54) is 47.4 Å². The molecule has 0 aromatic carbocycles. The van der Waals surface area contributed by atoms with E-state index in [9.17, 15) is 9.59 Å². The van der Waals surface area contributed by atoms with Gasteiger partial charge in [-0.3, -0.25) is 19.6 Å². The first-order valence-corrected chi connectivity index (χ1v) is 17.5. The number of nitrogens with zero attached hydrogens (tertiary/aromatic N) is 10. The van der Waals surface area contributed by atoms with Gasteiger partial charge in [0.15, 0.2) is 8.64 Å². The summed E-state index contributed by atoms with van der Waals surface area (Å²) >= 11 is 36.7. The Morgan fingerprint density at radius 3 is 1.22 bits per heavy atom. The van der Waals surface area contributed by atoms with E-state index in [1.807, 2.05) is 10.0 Å². The Labute approximate surface area is 311 Å². The fourth-order valence-electron chi connectivity index (χ4n) is 3.97. The molecule has 2 aromatic rings. The average molecular weight is 845 g/mol. The molecule has 0 atom stereocenters. The molecule has 2 aliphatic rings. The number of rotatable bonds is 4. The molecule has 2 saturated heterocycles. The van der Waals surface area contributed by atoms with Crippen LogP contribution in [0.3, 0.4) is 0 Å². The number of thiol groups is 2. The molecule has 4 rings (SSSR count). The summed E-state index contributed by atoms with van der Waals surface area (Å²) in [6.07, 6.45) is 12.5. The summed E-state index contributed by atoms with van der Waals surface area (Å²) in [6.45, 7) is 3.01. The summed E-state index contributed by atoms with van der Waals surface area (Å²) in [5, 5.41) is 8.94. The maximum atomic E-state index is 12.6. The second kappa shape index (κ2) is 20.6. The first-order chi connectivity index (χ1) is 21.5. The van der Waals surface area contributed by atoms with Crippen LogP contribution < -0.4 is 0 Å². The molecule has 2 fully saturated rings. The molecule has 0 radical (unpaired) electrons. The molecule has 0 aliphatic carbocycles. The van der Waals surface area contributed by atoms with Crippen molar-refractivity contribution in [3.05, 3.63) is 48.6 Å². The second-order valence-electron chi connectivity index (χ2n) is 8.48. The zero-order valence-electron chi connectivity index (χ0n) is 23.0. The van der Waals surface area contributed by atoms with E-state index in [2.05, 4.69) is 45.2 Å². The van der Waals surface area contributed by atoms with Gasteiger partial charge in [-0.05, 0) is 58.8 Å². The monoisotopic (exact) mass is 846 g/mol. The molecular weight excluding hydrogens is 821 g/mol. The van der Waals surface area contributed by atoms with E-state index in [1.54, 1.807) is 0 Å². The fraction of sp³-hybridized carbons (Fsp3) is 0.364. The number of hydrogen-bond donors (Lipinski definition) is 2. The number of thiocarbonyl (C=S) groups is 4. The third-order valence-electron chi connectivity index (χ3n) is 5.72. The Kier molecular flexibility index (Phi) is 18.1. The fourth-order valence-corrected chi connectivity index (χ4v) is 5.44. The summed E-state index contributed by atoms with van der Waals surface area (Å²) in [5.41, 5.74) is 0.275. The summed E-state index contributed by atoms with van der Waals surface area (Å²) in [4.78, 5) is 40.9. The normalized spacial score (nSPS) is 13.9. The van der Waals surface area contributed by atoms with Gasteiger partial charge in [0.25, 0.3) is 11.8 Å². The number of carbonyl (C=O) groups excluding carboxylic acids is 2. The second-order valence-corrected chi connectivity index (χ2v) is 13.1. The predicted octanol–water partition coefficient (Wildman–Crippen LogP) is 2.15. The van der Waals surface area contributed by atoms with Crippen molar-refractivity contribution in [2.75, 3.05) is 26.2 Å². The molecule has 23 heteroatoms. The molecule has 240 valence electrons. The van der Waals surface area contributed by atoms with Crippen LogP contribution in [0.4, 0.5) is 0 Å². The van der Waals surface area contributed by atoms with E-state index in [0.29, 0.717) is 0 Å². The van der Waals surface area contributed by atoms with Crippen LogP contribution in [0.2, 0.25) is 0 Å². The zero-order chi connectivity index (χ0) is 33.5. The predicted molar refractivity (Wildman–Crippen MR) is 186 cm³/mol. The number of aromatic nitrogens is 4. The number of amides is 2. The van der Waals surface area contributed by atoms with Crippen molar-refractivity contribution in [3.63, 3.8) is 0 Å². The molecule has 0 unspecified atom stereocenters. The van der Waals surface area contributed by atoms with Crippen LogP contribution in [0.25, 0.3) is 0 Å². The standard InChI is InChI=1S/2C11H13N5OS4.Mo.2O/c2*17-9(8-7-12-3-4-13-8)15(10(18)19)16(11(20)21)14-5-1-2-6-14;;;/h2*3-4,7H,1-2,5-6H2,(H,18,19)(H,20,21);;;/q;;+2;;/p-2. The molecule has 0 N–H and O–H groups in total. The molecule has 45 heavy (non-hydrogen) atoms. The summed E-state index contributed by atoms with van der Waals surface area (Å²) in [7, 11) is 0. The van der Waals surface area contributed by atoms with Crippen LogP contribution in [-0.4, -0.2) is 105 Å². The van der Waals surface area contributed by atoms with Gasteiger partial charge in [0.1, 0.15) is 11.4 Å². The summed E-state index contributed by atoms with van der Waals surface area (Å²) < 4.78 is 17.3. The van der Waals surface area contributed by atoms with Gasteiger partial charge >= 0.3 is 25.3 Å². The van der Waals surface area contributed by atoms with Gasteiger partial charge < -0.3 is 49.7 Å². The SMILES string of the molecule is O=C(c1cnccn1)N(C(=S)[S-])N(C(=S)S)N1CCCC1.O=C(c1cnccn1)N(C(=S)[S-])N(C(=S)S)N1CCCC1.[O]=[Mo+2]=[O]. The molecule has 0 saturated carbocycles. The third-order valence-corrected chi connectivity index (χ3v) is 7.09. The van der Waals surface area contributed by atoms with Crippen molar-refractivity contribution in [1.29, 1.82) is 0 Å². The van der Waals surface area contributed by atoms with Gasteiger partial charge in [0, 0.05) is 51.0 Å². The first-order valence-electron chi connectivity index (χ1n) is 12.6. The minimum absolute atomic E-state index is 0.0473. The van der Waals surface area contributed by atoms with Gasteiger partial charge in [-0.2, -0.15) is 20.3 Å². The van der Waals surface area contributed by atoms with Crippen molar-refractivity contribution in [3.8, 4) is 0 Å². The number of hydrogen-bond acceptors (Lipinski definition) is 16. The Hall–Kier alpha value is -1.59. The third kappa shape index (κ3) is 11.9. The van der Waals surface area contributed by atoms with Crippen LogP contribution in [0.15, 0.2) is 37.2 Å². The topological polar surface area (TPSA) is 139 Å². The van der Waals surface area contributed by atoms with Crippen molar-refractivity contribution in [1.82, 2.24) is 50.2 Å². The number of hydrazine groups is 4. The van der Waals surface area contributed by atoms with E-state index in [-0.39, 0.29) is 28.7 Å². The van der Waals surface area contributed by atoms with Gasteiger partial charge in [0.2, 0.25) is 0 Å². The molecule has 4 heterocycles. The van der Waals surface area contributed by atoms with Crippen molar-refractivity contribution in [2.45, 2.75) is 25.7 Å². The summed E-state index contributed by atoms with van der Waals surface area (Å²) in [6, 6.07) is 0. The van der Waals surface area contributed by atoms with Crippen LogP contribution in [0.1, 0.15) is 46.7 Å². The Morgan fingerprint density at radius 1 is 0.689 bits per heavy atom. The number of carbonyl (C=O) groups is 2. The Morgan fingerprint density at radius 2 is 1.00 bits per heavy atom. The zero-order valence-corrected chi connectivity index (χ0v) is 31.7.